The number of ketones is 1. The molecule has 0 atom stereocenters. The Balaban J connectivity index is 2.33. The number of aliphatic hydroxyl groups excluding tert-OH is 1. The Bertz CT molecular complexity index is 212. The molecular formula is C12H23NO2. The van der Waals surface area contributed by atoms with Crippen LogP contribution < -0.4 is 0 Å². The highest BCUT2D eigenvalue weighted by molar-refractivity contribution is 5.85. The molecule has 0 bridgehead atoms. The fraction of sp³-hybridized carbons (Fsp3) is 0.917. The lowest BCUT2D eigenvalue weighted by Crippen LogP contribution is -2.41. The van der Waals surface area contributed by atoms with Crippen LogP contribution in [0.4, 0.5) is 0 Å². The van der Waals surface area contributed by atoms with Gasteiger partial charge in [-0.05, 0) is 31.8 Å². The molecule has 0 aromatic carbocycles. The molecule has 1 saturated heterocycles. The van der Waals surface area contributed by atoms with Gasteiger partial charge in [-0.1, -0.05) is 20.8 Å². The van der Waals surface area contributed by atoms with E-state index in [1.54, 1.807) is 0 Å². The topological polar surface area (TPSA) is 40.5 Å². The van der Waals surface area contributed by atoms with Gasteiger partial charge in [0.15, 0.2) is 5.78 Å². The van der Waals surface area contributed by atoms with Gasteiger partial charge in [0.1, 0.15) is 0 Å². The van der Waals surface area contributed by atoms with Crippen LogP contribution in [-0.4, -0.2) is 42.0 Å². The molecule has 1 aliphatic rings. The third-order valence-electron chi connectivity index (χ3n) is 3.17. The summed E-state index contributed by atoms with van der Waals surface area (Å²) in [7, 11) is 0. The maximum absolute atomic E-state index is 11.8. The quantitative estimate of drug-likeness (QED) is 0.768. The van der Waals surface area contributed by atoms with E-state index in [4.69, 9.17) is 5.11 Å². The van der Waals surface area contributed by atoms with Crippen LogP contribution in [-0.2, 0) is 4.79 Å². The van der Waals surface area contributed by atoms with Gasteiger partial charge in [-0.15, -0.1) is 0 Å². The number of likely N-dealkylation sites (tertiary alicyclic amines) is 1. The van der Waals surface area contributed by atoms with Gasteiger partial charge in [0.05, 0.1) is 6.54 Å². The van der Waals surface area contributed by atoms with E-state index in [1.807, 2.05) is 20.8 Å². The van der Waals surface area contributed by atoms with Crippen LogP contribution in [0.2, 0.25) is 0 Å². The largest absolute Gasteiger partial charge is 0.396 e. The lowest BCUT2D eigenvalue weighted by Gasteiger charge is -2.32. The summed E-state index contributed by atoms with van der Waals surface area (Å²) in [6.45, 7) is 8.67. The molecular weight excluding hydrogens is 190 g/mol. The Hall–Kier alpha value is -0.410. The van der Waals surface area contributed by atoms with E-state index in [0.29, 0.717) is 24.9 Å². The fourth-order valence-corrected chi connectivity index (χ4v) is 1.77. The van der Waals surface area contributed by atoms with Crippen LogP contribution in [0.25, 0.3) is 0 Å². The van der Waals surface area contributed by atoms with Crippen molar-refractivity contribution in [3.05, 3.63) is 0 Å². The van der Waals surface area contributed by atoms with Crippen LogP contribution in [0.15, 0.2) is 0 Å². The summed E-state index contributed by atoms with van der Waals surface area (Å²) >= 11 is 0. The number of carbonyl (C=O) groups is 1. The van der Waals surface area contributed by atoms with Crippen LogP contribution in [0.3, 0.4) is 0 Å². The number of rotatable bonds is 3. The first-order valence-electron chi connectivity index (χ1n) is 5.80. The van der Waals surface area contributed by atoms with Crippen molar-refractivity contribution in [2.45, 2.75) is 33.6 Å². The number of hydrogen-bond donors (Lipinski definition) is 1. The summed E-state index contributed by atoms with van der Waals surface area (Å²) in [5.41, 5.74) is -0.228. The van der Waals surface area contributed by atoms with Gasteiger partial charge in [-0.25, -0.2) is 0 Å². The van der Waals surface area contributed by atoms with Gasteiger partial charge in [-0.3, -0.25) is 9.69 Å². The number of nitrogens with zero attached hydrogens (tertiary/aromatic N) is 1. The first-order valence-corrected chi connectivity index (χ1v) is 5.80. The zero-order valence-corrected chi connectivity index (χ0v) is 10.1. The van der Waals surface area contributed by atoms with Crippen molar-refractivity contribution in [1.82, 2.24) is 4.90 Å². The zero-order chi connectivity index (χ0) is 11.5. The van der Waals surface area contributed by atoms with Gasteiger partial charge >= 0.3 is 0 Å². The van der Waals surface area contributed by atoms with E-state index in [0.717, 1.165) is 25.9 Å². The predicted molar refractivity (Wildman–Crippen MR) is 60.7 cm³/mol. The first-order chi connectivity index (χ1) is 6.93. The second kappa shape index (κ2) is 5.08. The lowest BCUT2D eigenvalue weighted by atomic mass is 9.89. The molecule has 0 radical (unpaired) electrons. The minimum absolute atomic E-state index is 0.228. The van der Waals surface area contributed by atoms with Crippen LogP contribution in [0, 0.1) is 11.3 Å². The van der Waals surface area contributed by atoms with Crippen molar-refractivity contribution in [1.29, 1.82) is 0 Å². The molecule has 1 aliphatic heterocycles. The molecule has 15 heavy (non-hydrogen) atoms. The van der Waals surface area contributed by atoms with E-state index < -0.39 is 0 Å². The van der Waals surface area contributed by atoms with Crippen molar-refractivity contribution in [2.24, 2.45) is 11.3 Å². The summed E-state index contributed by atoms with van der Waals surface area (Å²) in [5.74, 6) is 0.760. The number of carbonyl (C=O) groups excluding carboxylic acids is 1. The van der Waals surface area contributed by atoms with Gasteiger partial charge in [-0.2, -0.15) is 0 Å². The smallest absolute Gasteiger partial charge is 0.152 e. The summed E-state index contributed by atoms with van der Waals surface area (Å²) in [5, 5.41) is 9.00. The Labute approximate surface area is 92.5 Å². The Kier molecular flexibility index (Phi) is 4.29. The molecule has 0 spiro atoms. The molecule has 88 valence electrons. The van der Waals surface area contributed by atoms with E-state index >= 15 is 0 Å². The molecule has 0 aromatic heterocycles. The molecule has 0 unspecified atom stereocenters. The van der Waals surface area contributed by atoms with Gasteiger partial charge in [0, 0.05) is 12.0 Å². The fourth-order valence-electron chi connectivity index (χ4n) is 1.77. The second-order valence-electron chi connectivity index (χ2n) is 5.58. The second-order valence-corrected chi connectivity index (χ2v) is 5.58. The maximum atomic E-state index is 11.8. The molecule has 3 nitrogen and oxygen atoms in total. The molecule has 0 aromatic rings. The zero-order valence-electron chi connectivity index (χ0n) is 10.1. The Morgan fingerprint density at radius 1 is 1.33 bits per heavy atom. The molecule has 1 heterocycles. The molecule has 0 amide bonds. The number of hydrogen-bond acceptors (Lipinski definition) is 3. The van der Waals surface area contributed by atoms with Gasteiger partial charge < -0.3 is 5.11 Å². The minimum Gasteiger partial charge on any atom is -0.396 e. The average molecular weight is 213 g/mol. The van der Waals surface area contributed by atoms with Crippen molar-refractivity contribution < 1.29 is 9.90 Å². The van der Waals surface area contributed by atoms with Crippen molar-refractivity contribution in [3.63, 3.8) is 0 Å². The molecule has 1 fully saturated rings. The molecule has 1 rings (SSSR count). The monoisotopic (exact) mass is 213 g/mol. The van der Waals surface area contributed by atoms with Crippen molar-refractivity contribution in [3.8, 4) is 0 Å². The minimum atomic E-state index is -0.228. The van der Waals surface area contributed by atoms with Crippen LogP contribution in [0.1, 0.15) is 33.6 Å². The lowest BCUT2D eigenvalue weighted by molar-refractivity contribution is -0.127. The summed E-state index contributed by atoms with van der Waals surface area (Å²) in [6, 6.07) is 0. The molecule has 0 saturated carbocycles. The van der Waals surface area contributed by atoms with Gasteiger partial charge in [0.25, 0.3) is 0 Å². The summed E-state index contributed by atoms with van der Waals surface area (Å²) in [4.78, 5) is 14.0. The van der Waals surface area contributed by atoms with E-state index in [1.165, 1.54) is 0 Å². The Morgan fingerprint density at radius 2 is 1.87 bits per heavy atom. The summed E-state index contributed by atoms with van der Waals surface area (Å²) in [6.07, 6.45) is 2.04. The number of piperidine rings is 1. The Morgan fingerprint density at radius 3 is 2.27 bits per heavy atom. The third-order valence-corrected chi connectivity index (χ3v) is 3.17. The third kappa shape index (κ3) is 3.92. The van der Waals surface area contributed by atoms with Crippen molar-refractivity contribution in [2.75, 3.05) is 26.2 Å². The highest BCUT2D eigenvalue weighted by Crippen LogP contribution is 2.19. The summed E-state index contributed by atoms with van der Waals surface area (Å²) < 4.78 is 0. The average Bonchev–Trinajstić information content (AvgIpc) is 2.17. The van der Waals surface area contributed by atoms with E-state index in [9.17, 15) is 4.79 Å². The first kappa shape index (κ1) is 12.7. The van der Waals surface area contributed by atoms with E-state index in [2.05, 4.69) is 4.90 Å². The van der Waals surface area contributed by atoms with Gasteiger partial charge in [0.2, 0.25) is 0 Å². The molecule has 1 N–H and O–H groups in total. The van der Waals surface area contributed by atoms with Crippen LogP contribution >= 0.6 is 0 Å². The maximum Gasteiger partial charge on any atom is 0.152 e. The van der Waals surface area contributed by atoms with Crippen molar-refractivity contribution >= 4 is 5.78 Å². The van der Waals surface area contributed by atoms with Crippen LogP contribution in [0.5, 0.6) is 0 Å². The molecule has 0 aliphatic carbocycles. The highest BCUT2D eigenvalue weighted by Gasteiger charge is 2.25. The molecule has 3 heteroatoms. The highest BCUT2D eigenvalue weighted by atomic mass is 16.3. The number of Topliss-reactive ketones (excluding diaryl/α,β-unsaturated/α-hetero) is 1. The number of aliphatic hydroxyl groups is 1. The predicted octanol–water partition coefficient (Wildman–Crippen LogP) is 1.31. The standard InChI is InChI=1S/C12H23NO2/c1-12(2,3)11(15)8-13-6-4-10(9-14)5-7-13/h10,14H,4-9H2,1-3H3. The SMILES string of the molecule is CC(C)(C)C(=O)CN1CCC(CO)CC1. The normalized spacial score (nSPS) is 20.5. The van der Waals surface area contributed by atoms with E-state index in [-0.39, 0.29) is 5.41 Å².